The number of oxime groups is 1. The fourth-order valence-corrected chi connectivity index (χ4v) is 1.46. The van der Waals surface area contributed by atoms with Gasteiger partial charge in [-0.2, -0.15) is 0 Å². The topological polar surface area (TPSA) is 41.8 Å². The van der Waals surface area contributed by atoms with Crippen LogP contribution < -0.4 is 4.74 Å². The van der Waals surface area contributed by atoms with Crippen LogP contribution in [0, 0.1) is 0 Å². The Morgan fingerprint density at radius 3 is 2.59 bits per heavy atom. The SMILES string of the molecule is CCCCOc1ccc(CC/C(C)=N/O)cc1. The minimum absolute atomic E-state index is 0.758. The lowest BCUT2D eigenvalue weighted by Crippen LogP contribution is -1.97. The van der Waals surface area contributed by atoms with Crippen molar-refractivity contribution in [3.05, 3.63) is 29.8 Å². The Morgan fingerprint density at radius 1 is 1.29 bits per heavy atom. The van der Waals surface area contributed by atoms with E-state index in [2.05, 4.69) is 24.2 Å². The van der Waals surface area contributed by atoms with Crippen LogP contribution >= 0.6 is 0 Å². The van der Waals surface area contributed by atoms with Crippen molar-refractivity contribution in [2.45, 2.75) is 39.5 Å². The monoisotopic (exact) mass is 235 g/mol. The number of ether oxygens (including phenoxy) is 1. The Morgan fingerprint density at radius 2 is 2.00 bits per heavy atom. The Kier molecular flexibility index (Phi) is 6.15. The van der Waals surface area contributed by atoms with Crippen molar-refractivity contribution in [1.82, 2.24) is 0 Å². The summed E-state index contributed by atoms with van der Waals surface area (Å²) in [5, 5.41) is 11.7. The van der Waals surface area contributed by atoms with Crippen LogP contribution in [-0.2, 0) is 6.42 Å². The summed E-state index contributed by atoms with van der Waals surface area (Å²) in [5.74, 6) is 0.926. The summed E-state index contributed by atoms with van der Waals surface area (Å²) in [4.78, 5) is 0. The molecule has 17 heavy (non-hydrogen) atoms. The smallest absolute Gasteiger partial charge is 0.119 e. The molecule has 0 aliphatic heterocycles. The first kappa shape index (κ1) is 13.6. The van der Waals surface area contributed by atoms with Gasteiger partial charge in [-0.05, 0) is 43.9 Å². The summed E-state index contributed by atoms with van der Waals surface area (Å²) < 4.78 is 5.58. The highest BCUT2D eigenvalue weighted by atomic mass is 16.5. The lowest BCUT2D eigenvalue weighted by atomic mass is 10.1. The number of hydrogen-bond acceptors (Lipinski definition) is 3. The van der Waals surface area contributed by atoms with Gasteiger partial charge in [0.05, 0.1) is 12.3 Å². The van der Waals surface area contributed by atoms with Crippen LogP contribution in [0.25, 0.3) is 0 Å². The third-order valence-electron chi connectivity index (χ3n) is 2.64. The molecular formula is C14H21NO2. The molecule has 0 heterocycles. The first-order valence-corrected chi connectivity index (χ1v) is 6.15. The van der Waals surface area contributed by atoms with Gasteiger partial charge in [0.2, 0.25) is 0 Å². The number of hydrogen-bond donors (Lipinski definition) is 1. The molecule has 1 aromatic carbocycles. The highest BCUT2D eigenvalue weighted by Crippen LogP contribution is 2.14. The maximum Gasteiger partial charge on any atom is 0.119 e. The van der Waals surface area contributed by atoms with Gasteiger partial charge in [-0.1, -0.05) is 30.6 Å². The Balaban J connectivity index is 2.39. The first-order chi connectivity index (χ1) is 8.26. The molecule has 0 bridgehead atoms. The van der Waals surface area contributed by atoms with E-state index in [0.29, 0.717) is 0 Å². The predicted molar refractivity (Wildman–Crippen MR) is 70.1 cm³/mol. The normalized spacial score (nSPS) is 11.5. The van der Waals surface area contributed by atoms with Gasteiger partial charge in [0.25, 0.3) is 0 Å². The van der Waals surface area contributed by atoms with Crippen LogP contribution in [0.1, 0.15) is 38.7 Å². The largest absolute Gasteiger partial charge is 0.494 e. The second kappa shape index (κ2) is 7.71. The fraction of sp³-hybridized carbons (Fsp3) is 0.500. The maximum absolute atomic E-state index is 8.55. The number of nitrogens with zero attached hydrogens (tertiary/aromatic N) is 1. The van der Waals surface area contributed by atoms with Crippen molar-refractivity contribution in [1.29, 1.82) is 0 Å². The molecular weight excluding hydrogens is 214 g/mol. The van der Waals surface area contributed by atoms with E-state index < -0.39 is 0 Å². The Bertz CT molecular complexity index is 344. The predicted octanol–water partition coefficient (Wildman–Crippen LogP) is 3.65. The van der Waals surface area contributed by atoms with E-state index in [1.807, 2.05) is 19.1 Å². The standard InChI is InChI=1S/C14H21NO2/c1-3-4-11-17-14-9-7-13(8-10-14)6-5-12(2)15-16/h7-10,16H,3-6,11H2,1-2H3/b15-12+. The van der Waals surface area contributed by atoms with Crippen LogP contribution in [0.4, 0.5) is 0 Å². The van der Waals surface area contributed by atoms with Crippen molar-refractivity contribution in [2.75, 3.05) is 6.61 Å². The molecule has 0 saturated heterocycles. The highest BCUT2D eigenvalue weighted by molar-refractivity contribution is 5.81. The van der Waals surface area contributed by atoms with Crippen molar-refractivity contribution < 1.29 is 9.94 Å². The molecule has 3 nitrogen and oxygen atoms in total. The molecule has 1 aromatic rings. The van der Waals surface area contributed by atoms with Crippen molar-refractivity contribution in [3.63, 3.8) is 0 Å². The molecule has 0 fully saturated rings. The van der Waals surface area contributed by atoms with E-state index in [9.17, 15) is 0 Å². The zero-order chi connectivity index (χ0) is 12.5. The molecule has 0 aromatic heterocycles. The number of benzene rings is 1. The molecule has 94 valence electrons. The van der Waals surface area contributed by atoms with E-state index >= 15 is 0 Å². The third-order valence-corrected chi connectivity index (χ3v) is 2.64. The lowest BCUT2D eigenvalue weighted by molar-refractivity contribution is 0.309. The average Bonchev–Trinajstić information content (AvgIpc) is 2.37. The third kappa shape index (κ3) is 5.38. The van der Waals surface area contributed by atoms with Crippen molar-refractivity contribution >= 4 is 5.71 Å². The van der Waals surface area contributed by atoms with Gasteiger partial charge in [0.15, 0.2) is 0 Å². The zero-order valence-electron chi connectivity index (χ0n) is 10.6. The molecule has 0 radical (unpaired) electrons. The van der Waals surface area contributed by atoms with E-state index in [4.69, 9.17) is 9.94 Å². The van der Waals surface area contributed by atoms with Crippen LogP contribution in [0.2, 0.25) is 0 Å². The van der Waals surface area contributed by atoms with Crippen LogP contribution in [0.3, 0.4) is 0 Å². The molecule has 3 heteroatoms. The minimum Gasteiger partial charge on any atom is -0.494 e. The van der Waals surface area contributed by atoms with Gasteiger partial charge in [-0.25, -0.2) is 0 Å². The van der Waals surface area contributed by atoms with Gasteiger partial charge in [0.1, 0.15) is 5.75 Å². The summed E-state index contributed by atoms with van der Waals surface area (Å²) in [6, 6.07) is 8.12. The lowest BCUT2D eigenvalue weighted by Gasteiger charge is -2.06. The number of rotatable bonds is 7. The zero-order valence-corrected chi connectivity index (χ0v) is 10.6. The first-order valence-electron chi connectivity index (χ1n) is 6.15. The van der Waals surface area contributed by atoms with E-state index in [1.54, 1.807) is 0 Å². The van der Waals surface area contributed by atoms with E-state index in [-0.39, 0.29) is 0 Å². The molecule has 1 N–H and O–H groups in total. The average molecular weight is 235 g/mol. The van der Waals surface area contributed by atoms with E-state index in [0.717, 1.165) is 43.8 Å². The second-order valence-corrected chi connectivity index (χ2v) is 4.18. The summed E-state index contributed by atoms with van der Waals surface area (Å²) >= 11 is 0. The molecule has 0 aliphatic rings. The van der Waals surface area contributed by atoms with Gasteiger partial charge in [-0.3, -0.25) is 0 Å². The van der Waals surface area contributed by atoms with Crippen LogP contribution in [0.15, 0.2) is 29.4 Å². The van der Waals surface area contributed by atoms with Gasteiger partial charge in [0, 0.05) is 0 Å². The summed E-state index contributed by atoms with van der Waals surface area (Å²) in [6.45, 7) is 4.76. The minimum atomic E-state index is 0.758. The molecule has 0 saturated carbocycles. The van der Waals surface area contributed by atoms with Crippen LogP contribution in [-0.4, -0.2) is 17.5 Å². The molecule has 0 atom stereocenters. The number of unbranched alkanes of at least 4 members (excludes halogenated alkanes) is 1. The molecule has 0 spiro atoms. The quantitative estimate of drug-likeness (QED) is 0.339. The number of aryl methyl sites for hydroxylation is 1. The van der Waals surface area contributed by atoms with Gasteiger partial charge < -0.3 is 9.94 Å². The highest BCUT2D eigenvalue weighted by Gasteiger charge is 1.98. The van der Waals surface area contributed by atoms with Gasteiger partial charge in [-0.15, -0.1) is 0 Å². The molecule has 0 aliphatic carbocycles. The Labute approximate surface area is 103 Å². The summed E-state index contributed by atoms with van der Waals surface area (Å²) in [7, 11) is 0. The van der Waals surface area contributed by atoms with Crippen LogP contribution in [0.5, 0.6) is 5.75 Å². The summed E-state index contributed by atoms with van der Waals surface area (Å²) in [6.07, 6.45) is 3.92. The van der Waals surface area contributed by atoms with E-state index in [1.165, 1.54) is 5.56 Å². The maximum atomic E-state index is 8.55. The summed E-state index contributed by atoms with van der Waals surface area (Å²) in [5.41, 5.74) is 1.99. The second-order valence-electron chi connectivity index (χ2n) is 4.18. The van der Waals surface area contributed by atoms with Gasteiger partial charge >= 0.3 is 0 Å². The fourth-order valence-electron chi connectivity index (χ4n) is 1.46. The Hall–Kier alpha value is -1.51. The molecule has 0 amide bonds. The van der Waals surface area contributed by atoms with Crippen molar-refractivity contribution in [2.24, 2.45) is 5.16 Å². The molecule has 1 rings (SSSR count). The molecule has 0 unspecified atom stereocenters. The van der Waals surface area contributed by atoms with Crippen molar-refractivity contribution in [3.8, 4) is 5.75 Å².